The lowest BCUT2D eigenvalue weighted by molar-refractivity contribution is 0.0691. The summed E-state index contributed by atoms with van der Waals surface area (Å²) in [6, 6.07) is 8.46. The Bertz CT molecular complexity index is 1770. The molecule has 1 aliphatic rings. The van der Waals surface area contributed by atoms with Crippen molar-refractivity contribution in [1.29, 1.82) is 0 Å². The SMILES string of the molecule is C/C=C(\C)c1cc(-c2nn(-c3nc(C(=O)O)cs3)c(CC3CC3)c2Cc2ccc(S(N)(=O)=O)c(F)c2)ccc1F. The van der Waals surface area contributed by atoms with Crippen LogP contribution < -0.4 is 5.14 Å². The lowest BCUT2D eigenvalue weighted by Gasteiger charge is -2.11. The van der Waals surface area contributed by atoms with Gasteiger partial charge in [-0.2, -0.15) is 5.10 Å². The van der Waals surface area contributed by atoms with Crippen molar-refractivity contribution in [3.8, 4) is 16.4 Å². The van der Waals surface area contributed by atoms with E-state index in [1.165, 1.54) is 17.5 Å². The normalized spacial score (nSPS) is 14.1. The highest BCUT2D eigenvalue weighted by atomic mass is 32.2. The number of hydrogen-bond donors (Lipinski definition) is 2. The molecule has 4 aromatic rings. The molecular weight excluding hydrogens is 558 g/mol. The smallest absolute Gasteiger partial charge is 0.355 e. The van der Waals surface area contributed by atoms with Gasteiger partial charge in [0.15, 0.2) is 5.69 Å². The molecule has 1 aliphatic carbocycles. The second kappa shape index (κ2) is 10.7. The predicted molar refractivity (Wildman–Crippen MR) is 148 cm³/mol. The van der Waals surface area contributed by atoms with Gasteiger partial charge < -0.3 is 5.11 Å². The quantitative estimate of drug-likeness (QED) is 0.264. The molecule has 0 aliphatic heterocycles. The monoisotopic (exact) mass is 584 g/mol. The number of nitrogens with two attached hydrogens (primary N) is 1. The van der Waals surface area contributed by atoms with Gasteiger partial charge in [-0.3, -0.25) is 0 Å². The summed E-state index contributed by atoms with van der Waals surface area (Å²) in [5.41, 5.74) is 4.19. The molecule has 5 rings (SSSR count). The molecule has 208 valence electrons. The summed E-state index contributed by atoms with van der Waals surface area (Å²) < 4.78 is 54.6. The fraction of sp³-hybridized carbons (Fsp3) is 0.250. The molecule has 12 heteroatoms. The molecule has 0 unspecified atom stereocenters. The summed E-state index contributed by atoms with van der Waals surface area (Å²) in [5, 5.41) is 21.2. The van der Waals surface area contributed by atoms with Gasteiger partial charge in [0.05, 0.1) is 11.4 Å². The molecule has 2 aromatic carbocycles. The van der Waals surface area contributed by atoms with Crippen molar-refractivity contribution >= 4 is 32.9 Å². The zero-order chi connectivity index (χ0) is 28.8. The Kier molecular flexibility index (Phi) is 7.42. The van der Waals surface area contributed by atoms with Crippen LogP contribution in [-0.4, -0.2) is 34.3 Å². The minimum atomic E-state index is -4.23. The van der Waals surface area contributed by atoms with Gasteiger partial charge in [-0.05, 0) is 80.5 Å². The van der Waals surface area contributed by atoms with Crippen LogP contribution in [0.15, 0.2) is 52.7 Å². The van der Waals surface area contributed by atoms with E-state index in [0.717, 1.165) is 53.1 Å². The molecule has 8 nitrogen and oxygen atoms in total. The fourth-order valence-corrected chi connectivity index (χ4v) is 5.91. The molecule has 0 radical (unpaired) electrons. The number of allylic oxidation sites excluding steroid dienone is 2. The Balaban J connectivity index is 1.72. The van der Waals surface area contributed by atoms with Crippen LogP contribution in [0.3, 0.4) is 0 Å². The van der Waals surface area contributed by atoms with Crippen molar-refractivity contribution in [3.05, 3.63) is 87.6 Å². The Morgan fingerprint density at radius 3 is 2.55 bits per heavy atom. The summed E-state index contributed by atoms with van der Waals surface area (Å²) in [6.07, 6.45) is 4.67. The predicted octanol–water partition coefficient (Wildman–Crippen LogP) is 5.59. The number of carboxylic acids is 1. The van der Waals surface area contributed by atoms with E-state index in [4.69, 9.17) is 10.2 Å². The first-order chi connectivity index (χ1) is 19.0. The summed E-state index contributed by atoms with van der Waals surface area (Å²) >= 11 is 1.14. The molecule has 0 amide bonds. The van der Waals surface area contributed by atoms with E-state index in [9.17, 15) is 27.1 Å². The van der Waals surface area contributed by atoms with Crippen molar-refractivity contribution in [2.45, 2.75) is 44.4 Å². The van der Waals surface area contributed by atoms with Crippen molar-refractivity contribution in [1.82, 2.24) is 14.8 Å². The number of aromatic nitrogens is 3. The van der Waals surface area contributed by atoms with Gasteiger partial charge in [-0.1, -0.05) is 12.1 Å². The van der Waals surface area contributed by atoms with Crippen LogP contribution in [0, 0.1) is 17.6 Å². The van der Waals surface area contributed by atoms with Crippen molar-refractivity contribution in [2.24, 2.45) is 11.1 Å². The average molecular weight is 585 g/mol. The first-order valence-corrected chi connectivity index (χ1v) is 14.9. The maximum absolute atomic E-state index is 14.8. The highest BCUT2D eigenvalue weighted by Gasteiger charge is 2.30. The van der Waals surface area contributed by atoms with Gasteiger partial charge in [0.25, 0.3) is 0 Å². The van der Waals surface area contributed by atoms with Crippen LogP contribution in [0.5, 0.6) is 0 Å². The Hall–Kier alpha value is -3.74. The molecule has 0 atom stereocenters. The molecule has 0 bridgehead atoms. The number of rotatable bonds is 9. The highest BCUT2D eigenvalue weighted by molar-refractivity contribution is 7.89. The number of nitrogens with zero attached hydrogens (tertiary/aromatic N) is 3. The minimum absolute atomic E-state index is 0.107. The number of primary sulfonamides is 1. The molecule has 0 saturated heterocycles. The third-order valence-electron chi connectivity index (χ3n) is 6.94. The first-order valence-electron chi connectivity index (χ1n) is 12.5. The molecule has 40 heavy (non-hydrogen) atoms. The molecule has 1 fully saturated rings. The van der Waals surface area contributed by atoms with Crippen LogP contribution in [0.25, 0.3) is 22.0 Å². The van der Waals surface area contributed by atoms with Crippen LogP contribution in [-0.2, 0) is 22.9 Å². The number of halogens is 2. The van der Waals surface area contributed by atoms with Crippen molar-refractivity contribution < 1.29 is 27.1 Å². The highest BCUT2D eigenvalue weighted by Crippen LogP contribution is 2.39. The lowest BCUT2D eigenvalue weighted by Crippen LogP contribution is -2.14. The van der Waals surface area contributed by atoms with Gasteiger partial charge in [0, 0.05) is 28.5 Å². The molecule has 3 N–H and O–H groups in total. The summed E-state index contributed by atoms with van der Waals surface area (Å²) in [5.74, 6) is -2.10. The Labute approximate surface area is 233 Å². The van der Waals surface area contributed by atoms with E-state index in [2.05, 4.69) is 4.98 Å². The Morgan fingerprint density at radius 1 is 1.20 bits per heavy atom. The fourth-order valence-electron chi connectivity index (χ4n) is 4.55. The number of hydrogen-bond acceptors (Lipinski definition) is 6. The number of carbonyl (C=O) groups is 1. The number of thiazole rings is 1. The van der Waals surface area contributed by atoms with Crippen LogP contribution in [0.1, 0.15) is 59.6 Å². The topological polar surface area (TPSA) is 128 Å². The molecule has 2 heterocycles. The molecule has 1 saturated carbocycles. The Morgan fingerprint density at radius 2 is 1.95 bits per heavy atom. The molecular formula is C28H26F2N4O4S2. The largest absolute Gasteiger partial charge is 0.476 e. The lowest BCUT2D eigenvalue weighted by atomic mass is 9.95. The van der Waals surface area contributed by atoms with E-state index in [1.54, 1.807) is 29.8 Å². The van der Waals surface area contributed by atoms with E-state index in [0.29, 0.717) is 39.9 Å². The second-order valence-corrected chi connectivity index (χ2v) is 12.2. The molecule has 0 spiro atoms. The van der Waals surface area contributed by atoms with Crippen molar-refractivity contribution in [2.75, 3.05) is 0 Å². The number of carboxylic acid groups (broad SMARTS) is 1. The van der Waals surface area contributed by atoms with Crippen LogP contribution in [0.4, 0.5) is 8.78 Å². The van der Waals surface area contributed by atoms with Gasteiger partial charge in [-0.25, -0.2) is 36.8 Å². The van der Waals surface area contributed by atoms with E-state index < -0.39 is 26.7 Å². The number of benzene rings is 2. The maximum atomic E-state index is 14.8. The zero-order valence-electron chi connectivity index (χ0n) is 21.7. The van der Waals surface area contributed by atoms with Crippen molar-refractivity contribution in [3.63, 3.8) is 0 Å². The third kappa shape index (κ3) is 5.60. The number of sulfonamides is 1. The van der Waals surface area contributed by atoms with Gasteiger partial charge in [0.1, 0.15) is 16.5 Å². The average Bonchev–Trinajstić information content (AvgIpc) is 3.46. The van der Waals surface area contributed by atoms with E-state index >= 15 is 0 Å². The van der Waals surface area contributed by atoms with E-state index in [-0.39, 0.29) is 17.9 Å². The summed E-state index contributed by atoms with van der Waals surface area (Å²) in [6.45, 7) is 3.62. The first kappa shape index (κ1) is 27.8. The second-order valence-electron chi connectivity index (χ2n) is 9.81. The standard InChI is InChI=1S/C28H26F2N4O4S2/c1-3-15(2)19-13-18(7-8-21(19)29)26-20(10-17-6-9-25(22(30)11-17)40(31,37)38)24(12-16-4-5-16)34(33-26)28-32-23(14-39-28)27(35)36/h3,6-9,11,13-14,16H,4-5,10,12H2,1-2H3,(H,35,36)(H2,31,37,38)/b15-3+. The summed E-state index contributed by atoms with van der Waals surface area (Å²) in [4.78, 5) is 15.2. The van der Waals surface area contributed by atoms with Crippen LogP contribution in [0.2, 0.25) is 0 Å². The van der Waals surface area contributed by atoms with Gasteiger partial charge in [-0.15, -0.1) is 11.3 Å². The van der Waals surface area contributed by atoms with Gasteiger partial charge >= 0.3 is 5.97 Å². The third-order valence-corrected chi connectivity index (χ3v) is 8.70. The van der Waals surface area contributed by atoms with Gasteiger partial charge in [0.2, 0.25) is 15.2 Å². The zero-order valence-corrected chi connectivity index (χ0v) is 23.3. The van der Waals surface area contributed by atoms with E-state index in [1.807, 2.05) is 6.92 Å². The van der Waals surface area contributed by atoms with Crippen LogP contribution >= 0.6 is 11.3 Å². The molecule has 2 aromatic heterocycles. The minimum Gasteiger partial charge on any atom is -0.476 e. The maximum Gasteiger partial charge on any atom is 0.355 e. The number of aromatic carboxylic acids is 1. The summed E-state index contributed by atoms with van der Waals surface area (Å²) in [7, 11) is -4.23.